The van der Waals surface area contributed by atoms with Crippen molar-refractivity contribution in [2.75, 3.05) is 25.4 Å². The van der Waals surface area contributed by atoms with Crippen molar-refractivity contribution in [3.63, 3.8) is 0 Å². The number of rotatable bonds is 5. The van der Waals surface area contributed by atoms with E-state index in [0.29, 0.717) is 17.3 Å². The van der Waals surface area contributed by atoms with E-state index in [9.17, 15) is 0 Å². The number of ether oxygens (including phenoxy) is 1. The second-order valence-corrected chi connectivity index (χ2v) is 7.79. The van der Waals surface area contributed by atoms with Gasteiger partial charge in [0.05, 0.1) is 22.8 Å². The number of pyridine rings is 1. The summed E-state index contributed by atoms with van der Waals surface area (Å²) in [5.74, 6) is 0.864. The fraction of sp³-hybridized carbons (Fsp3) is 0.292. The van der Waals surface area contributed by atoms with Crippen molar-refractivity contribution in [2.24, 2.45) is 0 Å². The average molecular weight is 408 g/mol. The van der Waals surface area contributed by atoms with Crippen LogP contribution >= 0.6 is 11.6 Å². The van der Waals surface area contributed by atoms with Gasteiger partial charge >= 0.3 is 0 Å². The molecule has 1 fully saturated rings. The first kappa shape index (κ1) is 19.7. The third kappa shape index (κ3) is 4.39. The van der Waals surface area contributed by atoms with Crippen LogP contribution in [0, 0.1) is 6.92 Å². The Bertz CT molecular complexity index is 1050. The van der Waals surface area contributed by atoms with Crippen molar-refractivity contribution in [1.82, 2.24) is 10.3 Å². The number of hydrogen-bond acceptors (Lipinski definition) is 4. The Morgan fingerprint density at radius 2 is 1.90 bits per heavy atom. The SMILES string of the molecule is Cc1ccc2c(OCCC(=C3CCNCC3)c3cccc(N)c3Cl)cccc2n1. The molecule has 3 aromatic rings. The maximum Gasteiger partial charge on any atom is 0.128 e. The maximum absolute atomic E-state index is 6.57. The van der Waals surface area contributed by atoms with Gasteiger partial charge in [0.1, 0.15) is 5.75 Å². The normalized spacial score (nSPS) is 14.2. The molecule has 0 aliphatic carbocycles. The number of aryl methyl sites for hydroxylation is 1. The predicted molar refractivity (Wildman–Crippen MR) is 121 cm³/mol. The van der Waals surface area contributed by atoms with Crippen molar-refractivity contribution in [3.05, 3.63) is 70.4 Å². The quantitative estimate of drug-likeness (QED) is 0.557. The lowest BCUT2D eigenvalue weighted by Crippen LogP contribution is -2.24. The highest BCUT2D eigenvalue weighted by Gasteiger charge is 2.16. The second kappa shape index (κ2) is 8.85. The highest BCUT2D eigenvalue weighted by Crippen LogP contribution is 2.35. The summed E-state index contributed by atoms with van der Waals surface area (Å²) < 4.78 is 6.21. The van der Waals surface area contributed by atoms with E-state index in [4.69, 9.17) is 22.1 Å². The lowest BCUT2D eigenvalue weighted by Gasteiger charge is -2.22. The van der Waals surface area contributed by atoms with E-state index in [1.165, 1.54) is 11.1 Å². The van der Waals surface area contributed by atoms with Crippen LogP contribution in [-0.4, -0.2) is 24.7 Å². The summed E-state index contributed by atoms with van der Waals surface area (Å²) in [7, 11) is 0. The summed E-state index contributed by atoms with van der Waals surface area (Å²) in [4.78, 5) is 4.59. The molecule has 0 radical (unpaired) electrons. The van der Waals surface area contributed by atoms with E-state index in [1.54, 1.807) is 0 Å². The Kier molecular flexibility index (Phi) is 6.02. The maximum atomic E-state index is 6.57. The summed E-state index contributed by atoms with van der Waals surface area (Å²) in [5, 5.41) is 5.10. The minimum atomic E-state index is 0.574. The Balaban J connectivity index is 1.59. The molecule has 1 aromatic heterocycles. The molecule has 3 N–H and O–H groups in total. The first-order valence-corrected chi connectivity index (χ1v) is 10.5. The minimum absolute atomic E-state index is 0.574. The molecule has 2 aromatic carbocycles. The van der Waals surface area contributed by atoms with E-state index in [-0.39, 0.29) is 0 Å². The van der Waals surface area contributed by atoms with Crippen LogP contribution in [0.25, 0.3) is 16.5 Å². The molecule has 0 unspecified atom stereocenters. The van der Waals surface area contributed by atoms with Gasteiger partial charge in [-0.05, 0) is 74.3 Å². The number of fused-ring (bicyclic) bond motifs is 1. The van der Waals surface area contributed by atoms with Crippen LogP contribution in [0.5, 0.6) is 5.75 Å². The van der Waals surface area contributed by atoms with Crippen molar-refractivity contribution in [1.29, 1.82) is 0 Å². The van der Waals surface area contributed by atoms with E-state index in [2.05, 4.69) is 22.4 Å². The van der Waals surface area contributed by atoms with Crippen molar-refractivity contribution in [2.45, 2.75) is 26.2 Å². The predicted octanol–water partition coefficient (Wildman–Crippen LogP) is 5.38. The molecular weight excluding hydrogens is 382 g/mol. The Morgan fingerprint density at radius 1 is 1.10 bits per heavy atom. The number of benzene rings is 2. The van der Waals surface area contributed by atoms with Crippen molar-refractivity contribution < 1.29 is 4.74 Å². The first-order valence-electron chi connectivity index (χ1n) is 10.1. The van der Waals surface area contributed by atoms with Crippen LogP contribution in [0.3, 0.4) is 0 Å². The zero-order valence-electron chi connectivity index (χ0n) is 16.7. The van der Waals surface area contributed by atoms with Gasteiger partial charge in [-0.2, -0.15) is 0 Å². The van der Waals surface area contributed by atoms with Gasteiger partial charge in [-0.25, -0.2) is 0 Å². The van der Waals surface area contributed by atoms with Gasteiger partial charge in [0.15, 0.2) is 0 Å². The minimum Gasteiger partial charge on any atom is -0.493 e. The molecule has 0 saturated carbocycles. The number of nitrogen functional groups attached to an aromatic ring is 1. The largest absolute Gasteiger partial charge is 0.493 e. The van der Waals surface area contributed by atoms with Crippen LogP contribution in [0.1, 0.15) is 30.5 Å². The van der Waals surface area contributed by atoms with Gasteiger partial charge in [-0.1, -0.05) is 35.4 Å². The third-order valence-corrected chi connectivity index (χ3v) is 5.85. The van der Waals surface area contributed by atoms with E-state index >= 15 is 0 Å². The summed E-state index contributed by atoms with van der Waals surface area (Å²) in [6.45, 7) is 4.56. The first-order chi connectivity index (χ1) is 14.1. The third-order valence-electron chi connectivity index (χ3n) is 5.43. The fourth-order valence-corrected chi connectivity index (χ4v) is 4.17. The molecule has 4 rings (SSSR count). The lowest BCUT2D eigenvalue weighted by atomic mass is 9.91. The second-order valence-electron chi connectivity index (χ2n) is 7.41. The standard InChI is InChI=1S/C24H26ClN3O/c1-16-8-9-20-22(28-16)6-3-7-23(20)29-15-12-18(17-10-13-27-14-11-17)19-4-2-5-21(26)24(19)25/h2-9,27H,10-15,26H2,1H3. The number of aromatic nitrogens is 1. The molecule has 5 heteroatoms. The Hall–Kier alpha value is -2.56. The zero-order chi connectivity index (χ0) is 20.2. The monoisotopic (exact) mass is 407 g/mol. The van der Waals surface area contributed by atoms with Gasteiger partial charge in [-0.3, -0.25) is 4.98 Å². The number of nitrogens with one attached hydrogen (secondary N) is 1. The summed E-state index contributed by atoms with van der Waals surface area (Å²) in [6.07, 6.45) is 2.84. The van der Waals surface area contributed by atoms with Gasteiger partial charge in [-0.15, -0.1) is 0 Å². The van der Waals surface area contributed by atoms with Gasteiger partial charge < -0.3 is 15.8 Å². The summed E-state index contributed by atoms with van der Waals surface area (Å²) >= 11 is 6.57. The summed E-state index contributed by atoms with van der Waals surface area (Å²) in [6, 6.07) is 16.0. The fourth-order valence-electron chi connectivity index (χ4n) is 3.93. The van der Waals surface area contributed by atoms with Gasteiger partial charge in [0.2, 0.25) is 0 Å². The molecule has 1 aliphatic rings. The number of anilines is 1. The number of halogens is 1. The van der Waals surface area contributed by atoms with Crippen LogP contribution in [-0.2, 0) is 0 Å². The van der Waals surface area contributed by atoms with Crippen LogP contribution in [0.2, 0.25) is 5.02 Å². The molecule has 150 valence electrons. The molecule has 0 spiro atoms. The van der Waals surface area contributed by atoms with Crippen LogP contribution < -0.4 is 15.8 Å². The number of hydrogen-bond donors (Lipinski definition) is 2. The summed E-state index contributed by atoms with van der Waals surface area (Å²) in [5.41, 5.74) is 12.4. The Labute approximate surface area is 176 Å². The average Bonchev–Trinajstić information content (AvgIpc) is 2.74. The number of nitrogens with two attached hydrogens (primary N) is 1. The van der Waals surface area contributed by atoms with Crippen molar-refractivity contribution in [3.8, 4) is 5.75 Å². The molecule has 0 amide bonds. The molecule has 0 bridgehead atoms. The van der Waals surface area contributed by atoms with E-state index < -0.39 is 0 Å². The van der Waals surface area contributed by atoms with Crippen LogP contribution in [0.15, 0.2) is 54.1 Å². The molecule has 0 atom stereocenters. The van der Waals surface area contributed by atoms with Crippen LogP contribution in [0.4, 0.5) is 5.69 Å². The highest BCUT2D eigenvalue weighted by molar-refractivity contribution is 6.34. The Morgan fingerprint density at radius 3 is 2.72 bits per heavy atom. The van der Waals surface area contributed by atoms with E-state index in [0.717, 1.165) is 60.3 Å². The molecule has 29 heavy (non-hydrogen) atoms. The van der Waals surface area contributed by atoms with Gasteiger partial charge in [0.25, 0.3) is 0 Å². The highest BCUT2D eigenvalue weighted by atomic mass is 35.5. The smallest absolute Gasteiger partial charge is 0.128 e. The molecule has 4 nitrogen and oxygen atoms in total. The molecule has 2 heterocycles. The number of piperidine rings is 1. The zero-order valence-corrected chi connectivity index (χ0v) is 17.4. The molecule has 1 saturated heterocycles. The molecular formula is C24H26ClN3O. The lowest BCUT2D eigenvalue weighted by molar-refractivity contribution is 0.330. The van der Waals surface area contributed by atoms with E-state index in [1.807, 2.05) is 43.3 Å². The van der Waals surface area contributed by atoms with Gasteiger partial charge in [0, 0.05) is 17.5 Å². The number of nitrogens with zero attached hydrogens (tertiary/aromatic N) is 1. The topological polar surface area (TPSA) is 60.2 Å². The molecule has 1 aliphatic heterocycles. The van der Waals surface area contributed by atoms with Crippen molar-refractivity contribution >= 4 is 33.8 Å².